The van der Waals surface area contributed by atoms with Gasteiger partial charge in [0.25, 0.3) is 0 Å². The normalized spacial score (nSPS) is 29.3. The lowest BCUT2D eigenvalue weighted by Gasteiger charge is -2.22. The summed E-state index contributed by atoms with van der Waals surface area (Å²) in [6, 6.07) is 0. The van der Waals surface area contributed by atoms with E-state index in [4.69, 9.17) is 20.6 Å². The molecule has 4 unspecified atom stereocenters. The summed E-state index contributed by atoms with van der Waals surface area (Å²) in [4.78, 5) is 3.19. The van der Waals surface area contributed by atoms with Crippen molar-refractivity contribution in [2.75, 3.05) is 26.0 Å². The Morgan fingerprint density at radius 2 is 2.20 bits per heavy atom. The maximum absolute atomic E-state index is 12.2. The van der Waals surface area contributed by atoms with Gasteiger partial charge in [-0.1, -0.05) is 0 Å². The Balaban J connectivity index is 2.42. The van der Waals surface area contributed by atoms with E-state index < -0.39 is 7.37 Å². The molecule has 4 atom stereocenters. The molecule has 0 aromatic carbocycles. The molecule has 1 rings (SSSR count). The molecular weight excluding hydrogens is 277 g/mol. The third kappa shape index (κ3) is 6.37. The molecule has 5 nitrogen and oxygen atoms in total. The number of nitrogens with zero attached hydrogens (tertiary/aromatic N) is 1. The Morgan fingerprint density at radius 1 is 1.50 bits per heavy atom. The van der Waals surface area contributed by atoms with Crippen LogP contribution in [0.1, 0.15) is 33.6 Å². The van der Waals surface area contributed by atoms with E-state index in [0.717, 1.165) is 6.42 Å². The molecule has 1 heterocycles. The average Bonchev–Trinajstić information content (AvgIpc) is 2.66. The lowest BCUT2D eigenvalue weighted by molar-refractivity contribution is -0.0444. The molecule has 6 heteroatoms. The Bertz CT molecular complexity index is 380. The van der Waals surface area contributed by atoms with Crippen molar-refractivity contribution in [2.24, 2.45) is 0 Å². The van der Waals surface area contributed by atoms with Gasteiger partial charge in [0.1, 0.15) is 6.61 Å². The second-order valence-corrected chi connectivity index (χ2v) is 8.42. The van der Waals surface area contributed by atoms with Gasteiger partial charge in [0.15, 0.2) is 0 Å². The summed E-state index contributed by atoms with van der Waals surface area (Å²) in [6.45, 7) is 14.9. The molecule has 0 spiro atoms. The molecule has 0 aromatic rings. The van der Waals surface area contributed by atoms with Gasteiger partial charge in [0, 0.05) is 19.2 Å². The van der Waals surface area contributed by atoms with Gasteiger partial charge < -0.3 is 18.8 Å². The highest BCUT2D eigenvalue weighted by Gasteiger charge is 2.35. The molecule has 1 aliphatic rings. The van der Waals surface area contributed by atoms with Crippen molar-refractivity contribution in [2.45, 2.75) is 58.0 Å². The molecule has 0 bridgehead atoms. The molecule has 0 radical (unpaired) electrons. The molecule has 1 fully saturated rings. The standard InChI is InChI=1S/C14H26NO4P/c1-11(2)18-14-10-12(3)19-13(14)6-9-20(5,16)17-8-7-15-4/h11-14H,6-10H2,1-3,5H3. The van der Waals surface area contributed by atoms with Crippen molar-refractivity contribution in [1.82, 2.24) is 0 Å². The van der Waals surface area contributed by atoms with Gasteiger partial charge in [-0.05, 0) is 27.2 Å². The van der Waals surface area contributed by atoms with Crippen LogP contribution in [0.3, 0.4) is 0 Å². The van der Waals surface area contributed by atoms with Crippen LogP contribution in [0.5, 0.6) is 0 Å². The summed E-state index contributed by atoms with van der Waals surface area (Å²) in [7, 11) is -2.63. The second-order valence-electron chi connectivity index (χ2n) is 5.69. The van der Waals surface area contributed by atoms with E-state index in [1.807, 2.05) is 20.8 Å². The van der Waals surface area contributed by atoms with E-state index in [1.165, 1.54) is 0 Å². The fraction of sp³-hybridized carbons (Fsp3) is 0.929. The summed E-state index contributed by atoms with van der Waals surface area (Å²) in [5.41, 5.74) is 0. The van der Waals surface area contributed by atoms with Crippen molar-refractivity contribution in [3.63, 3.8) is 0 Å². The van der Waals surface area contributed by atoms with Crippen molar-refractivity contribution >= 4 is 7.37 Å². The van der Waals surface area contributed by atoms with E-state index in [9.17, 15) is 4.57 Å². The van der Waals surface area contributed by atoms with Crippen LogP contribution >= 0.6 is 7.37 Å². The first-order valence-electron chi connectivity index (χ1n) is 7.19. The van der Waals surface area contributed by atoms with Gasteiger partial charge in [-0.3, -0.25) is 4.57 Å². The topological polar surface area (TPSA) is 49.1 Å². The monoisotopic (exact) mass is 303 g/mol. The molecule has 1 saturated heterocycles. The third-order valence-corrected chi connectivity index (χ3v) is 5.02. The van der Waals surface area contributed by atoms with E-state index in [1.54, 1.807) is 6.66 Å². The van der Waals surface area contributed by atoms with Gasteiger partial charge in [0.2, 0.25) is 13.9 Å². The zero-order valence-electron chi connectivity index (χ0n) is 12.9. The average molecular weight is 303 g/mol. The van der Waals surface area contributed by atoms with Gasteiger partial charge in [-0.2, -0.15) is 0 Å². The minimum atomic E-state index is -2.63. The summed E-state index contributed by atoms with van der Waals surface area (Å²) >= 11 is 0. The quantitative estimate of drug-likeness (QED) is 0.392. The Labute approximate surface area is 122 Å². The van der Waals surface area contributed by atoms with Gasteiger partial charge in [-0.25, -0.2) is 6.57 Å². The van der Waals surface area contributed by atoms with Crippen molar-refractivity contribution in [3.8, 4) is 0 Å². The van der Waals surface area contributed by atoms with E-state index in [2.05, 4.69) is 4.85 Å². The first-order chi connectivity index (χ1) is 9.34. The predicted octanol–water partition coefficient (Wildman–Crippen LogP) is 3.19. The number of ether oxygens (including phenoxy) is 2. The van der Waals surface area contributed by atoms with Crippen LogP contribution in [-0.2, 0) is 18.6 Å². The predicted molar refractivity (Wildman–Crippen MR) is 79.4 cm³/mol. The molecule has 20 heavy (non-hydrogen) atoms. The first-order valence-corrected chi connectivity index (χ1v) is 9.45. The van der Waals surface area contributed by atoms with Crippen molar-refractivity contribution in [3.05, 3.63) is 11.4 Å². The largest absolute Gasteiger partial charge is 0.373 e. The van der Waals surface area contributed by atoms with E-state index in [-0.39, 0.29) is 37.6 Å². The van der Waals surface area contributed by atoms with E-state index in [0.29, 0.717) is 12.6 Å². The van der Waals surface area contributed by atoms with Crippen LogP contribution in [-0.4, -0.2) is 50.4 Å². The van der Waals surface area contributed by atoms with Crippen molar-refractivity contribution in [1.29, 1.82) is 0 Å². The first kappa shape index (κ1) is 17.7. The fourth-order valence-corrected chi connectivity index (χ4v) is 3.69. The molecule has 0 aliphatic carbocycles. The highest BCUT2D eigenvalue weighted by atomic mass is 31.2. The molecule has 116 valence electrons. The molecule has 0 saturated carbocycles. The minimum Gasteiger partial charge on any atom is -0.373 e. The fourth-order valence-electron chi connectivity index (χ4n) is 2.37. The van der Waals surface area contributed by atoms with Crippen LogP contribution in [0.4, 0.5) is 0 Å². The maximum atomic E-state index is 12.2. The number of rotatable bonds is 8. The third-order valence-electron chi connectivity index (χ3n) is 3.22. The van der Waals surface area contributed by atoms with Crippen LogP contribution in [0.25, 0.3) is 4.85 Å². The smallest absolute Gasteiger partial charge is 0.238 e. The minimum absolute atomic E-state index is 0.00913. The highest BCUT2D eigenvalue weighted by Crippen LogP contribution is 2.44. The maximum Gasteiger partial charge on any atom is 0.238 e. The Hall–Kier alpha value is -0.400. The van der Waals surface area contributed by atoms with Gasteiger partial charge >= 0.3 is 0 Å². The van der Waals surface area contributed by atoms with Gasteiger partial charge in [-0.15, -0.1) is 0 Å². The Kier molecular flexibility index (Phi) is 7.19. The molecule has 0 N–H and O–H groups in total. The molecular formula is C14H26NO4P. The van der Waals surface area contributed by atoms with Crippen LogP contribution in [0.15, 0.2) is 0 Å². The summed E-state index contributed by atoms with van der Waals surface area (Å²) < 4.78 is 29.3. The summed E-state index contributed by atoms with van der Waals surface area (Å²) in [6.07, 6.45) is 2.45. The van der Waals surface area contributed by atoms with Crippen LogP contribution in [0, 0.1) is 6.57 Å². The molecule has 0 aromatic heterocycles. The lowest BCUT2D eigenvalue weighted by Crippen LogP contribution is -2.28. The van der Waals surface area contributed by atoms with E-state index >= 15 is 0 Å². The molecule has 0 amide bonds. The van der Waals surface area contributed by atoms with Gasteiger partial charge in [0.05, 0.1) is 24.4 Å². The zero-order valence-corrected chi connectivity index (χ0v) is 13.8. The van der Waals surface area contributed by atoms with Crippen LogP contribution < -0.4 is 0 Å². The SMILES string of the molecule is [C-]#[N+]CCOP(C)(=O)CCC1OC(C)CC1OC(C)C. The van der Waals surface area contributed by atoms with Crippen molar-refractivity contribution < 1.29 is 18.6 Å². The Morgan fingerprint density at radius 3 is 2.80 bits per heavy atom. The number of hydrogen-bond acceptors (Lipinski definition) is 4. The highest BCUT2D eigenvalue weighted by molar-refractivity contribution is 7.58. The summed E-state index contributed by atoms with van der Waals surface area (Å²) in [5, 5.41) is 0. The lowest BCUT2D eigenvalue weighted by atomic mass is 10.1. The zero-order chi connectivity index (χ0) is 15.2. The summed E-state index contributed by atoms with van der Waals surface area (Å²) in [5.74, 6) is 0. The second kappa shape index (κ2) is 8.14. The van der Waals surface area contributed by atoms with Crippen LogP contribution in [0.2, 0.25) is 0 Å². The molecule has 1 aliphatic heterocycles. The number of hydrogen-bond donors (Lipinski definition) is 0.